The molecular formula is C21H34Si. The van der Waals surface area contributed by atoms with E-state index in [1.165, 1.54) is 51.4 Å². The summed E-state index contributed by atoms with van der Waals surface area (Å²) in [5, 5.41) is 1.63. The number of unbranched alkanes of at least 4 members (excludes halogenated alkanes) is 3. The molecule has 1 aliphatic rings. The molecule has 0 bridgehead atoms. The highest BCUT2D eigenvalue weighted by atomic mass is 28.3. The van der Waals surface area contributed by atoms with Crippen molar-refractivity contribution in [2.75, 3.05) is 0 Å². The number of hydrogen-bond acceptors (Lipinski definition) is 0. The van der Waals surface area contributed by atoms with Crippen LogP contribution >= 0.6 is 0 Å². The molecule has 122 valence electrons. The molecule has 0 aromatic heterocycles. The highest BCUT2D eigenvalue weighted by molar-refractivity contribution is 6.91. The van der Waals surface area contributed by atoms with Crippen LogP contribution in [0.25, 0.3) is 0 Å². The first-order valence-electron chi connectivity index (χ1n) is 9.38. The van der Waals surface area contributed by atoms with E-state index in [2.05, 4.69) is 62.5 Å². The van der Waals surface area contributed by atoms with Gasteiger partial charge in [-0.3, -0.25) is 0 Å². The van der Waals surface area contributed by atoms with Crippen molar-refractivity contribution >= 4 is 13.3 Å². The van der Waals surface area contributed by atoms with Gasteiger partial charge in [0.1, 0.15) is 0 Å². The van der Waals surface area contributed by atoms with E-state index in [4.69, 9.17) is 0 Å². The van der Waals surface area contributed by atoms with E-state index in [0.717, 1.165) is 11.5 Å². The second-order valence-corrected chi connectivity index (χ2v) is 12.3. The Morgan fingerprint density at radius 3 is 2.41 bits per heavy atom. The van der Waals surface area contributed by atoms with Crippen LogP contribution in [-0.2, 0) is 0 Å². The summed E-state index contributed by atoms with van der Waals surface area (Å²) < 4.78 is 0. The quantitative estimate of drug-likeness (QED) is 0.300. The van der Waals surface area contributed by atoms with Gasteiger partial charge in [0, 0.05) is 0 Å². The second kappa shape index (κ2) is 8.72. The van der Waals surface area contributed by atoms with E-state index in [9.17, 15) is 0 Å². The van der Waals surface area contributed by atoms with Crippen LogP contribution in [0, 0.1) is 5.92 Å². The van der Waals surface area contributed by atoms with Crippen molar-refractivity contribution in [3.05, 3.63) is 42.5 Å². The predicted molar refractivity (Wildman–Crippen MR) is 103 cm³/mol. The minimum atomic E-state index is -1.43. The Kier molecular flexibility index (Phi) is 6.95. The molecule has 1 aliphatic carbocycles. The minimum absolute atomic E-state index is 0.819. The molecule has 0 amide bonds. The van der Waals surface area contributed by atoms with E-state index >= 15 is 0 Å². The Morgan fingerprint density at radius 1 is 1.09 bits per heavy atom. The maximum absolute atomic E-state index is 2.63. The summed E-state index contributed by atoms with van der Waals surface area (Å²) in [5.41, 5.74) is 0.819. The summed E-state index contributed by atoms with van der Waals surface area (Å²) >= 11 is 0. The van der Waals surface area contributed by atoms with Crippen LogP contribution in [0.2, 0.25) is 18.6 Å². The molecule has 1 heteroatoms. The number of hydrogen-bond donors (Lipinski definition) is 0. The molecule has 1 aromatic rings. The van der Waals surface area contributed by atoms with Gasteiger partial charge in [-0.15, -0.1) is 0 Å². The van der Waals surface area contributed by atoms with Crippen LogP contribution in [0.5, 0.6) is 0 Å². The molecule has 1 atom stereocenters. The van der Waals surface area contributed by atoms with Gasteiger partial charge in [0.25, 0.3) is 0 Å². The van der Waals surface area contributed by atoms with Crippen molar-refractivity contribution in [2.24, 2.45) is 5.92 Å². The van der Waals surface area contributed by atoms with E-state index in [0.29, 0.717) is 0 Å². The Balaban J connectivity index is 2.12. The largest absolute Gasteiger partial charge is 0.0885 e. The van der Waals surface area contributed by atoms with Gasteiger partial charge in [-0.05, 0) is 24.3 Å². The van der Waals surface area contributed by atoms with Crippen molar-refractivity contribution in [2.45, 2.75) is 76.9 Å². The summed E-state index contributed by atoms with van der Waals surface area (Å²) in [4.78, 5) is 0. The Hall–Kier alpha value is -0.823. The van der Waals surface area contributed by atoms with E-state index in [-0.39, 0.29) is 0 Å². The van der Waals surface area contributed by atoms with Crippen LogP contribution in [0.15, 0.2) is 42.5 Å². The average molecular weight is 315 g/mol. The molecule has 0 radical (unpaired) electrons. The molecule has 1 saturated carbocycles. The molecule has 0 heterocycles. The molecule has 2 rings (SSSR count). The summed E-state index contributed by atoms with van der Waals surface area (Å²) in [5.74, 6) is 0.935. The number of benzene rings is 1. The van der Waals surface area contributed by atoms with Crippen LogP contribution in [0.3, 0.4) is 0 Å². The zero-order valence-corrected chi connectivity index (χ0v) is 15.9. The molecule has 0 aliphatic heterocycles. The topological polar surface area (TPSA) is 0 Å². The van der Waals surface area contributed by atoms with Crippen molar-refractivity contribution in [3.63, 3.8) is 0 Å². The summed E-state index contributed by atoms with van der Waals surface area (Å²) in [7, 11) is -1.43. The van der Waals surface area contributed by atoms with Gasteiger partial charge in [-0.1, -0.05) is 106 Å². The lowest BCUT2D eigenvalue weighted by Crippen LogP contribution is -2.47. The third kappa shape index (κ3) is 4.58. The fourth-order valence-electron chi connectivity index (χ4n) is 4.12. The highest BCUT2D eigenvalue weighted by Gasteiger charge is 2.37. The van der Waals surface area contributed by atoms with E-state index < -0.39 is 8.07 Å². The van der Waals surface area contributed by atoms with Gasteiger partial charge in [0.2, 0.25) is 0 Å². The van der Waals surface area contributed by atoms with E-state index in [1.807, 2.05) is 0 Å². The molecule has 1 fully saturated rings. The number of rotatable bonds is 8. The van der Waals surface area contributed by atoms with Crippen molar-refractivity contribution < 1.29 is 0 Å². The third-order valence-corrected chi connectivity index (χ3v) is 9.73. The van der Waals surface area contributed by atoms with Crippen LogP contribution in [-0.4, -0.2) is 8.07 Å². The smallest absolute Gasteiger partial charge is 0.0876 e. The van der Waals surface area contributed by atoms with Crippen molar-refractivity contribution in [1.29, 1.82) is 0 Å². The molecule has 0 spiro atoms. The van der Waals surface area contributed by atoms with Crippen molar-refractivity contribution in [3.8, 4) is 0 Å². The summed E-state index contributed by atoms with van der Waals surface area (Å²) in [6, 6.07) is 11.3. The SMILES string of the molecule is CCCCC/C=C/[C@@H](C1CCCC1)[Si](C)(C)c1ccccc1. The van der Waals surface area contributed by atoms with Gasteiger partial charge in [-0.2, -0.15) is 0 Å². The van der Waals surface area contributed by atoms with E-state index in [1.54, 1.807) is 5.19 Å². The molecule has 1 aromatic carbocycles. The second-order valence-electron chi connectivity index (χ2n) is 7.58. The minimum Gasteiger partial charge on any atom is -0.0885 e. The Bertz CT molecular complexity index is 440. The van der Waals surface area contributed by atoms with Gasteiger partial charge in [0.05, 0.1) is 8.07 Å². The number of allylic oxidation sites excluding steroid dienone is 2. The average Bonchev–Trinajstić information content (AvgIpc) is 3.05. The highest BCUT2D eigenvalue weighted by Crippen LogP contribution is 2.41. The molecule has 0 saturated heterocycles. The summed E-state index contributed by atoms with van der Waals surface area (Å²) in [6.45, 7) is 7.46. The lowest BCUT2D eigenvalue weighted by molar-refractivity contribution is 0.546. The fraction of sp³-hybridized carbons (Fsp3) is 0.619. The van der Waals surface area contributed by atoms with Crippen LogP contribution in [0.1, 0.15) is 58.3 Å². The third-order valence-electron chi connectivity index (χ3n) is 5.58. The zero-order valence-electron chi connectivity index (χ0n) is 14.9. The molecular weight excluding hydrogens is 280 g/mol. The van der Waals surface area contributed by atoms with Gasteiger partial charge in [0.15, 0.2) is 0 Å². The monoisotopic (exact) mass is 314 g/mol. The standard InChI is InChI=1S/C21H34Si/c1-4-5-6-7-11-18-21(19-14-12-13-15-19)22(2,3)20-16-9-8-10-17-20/h8-11,16-19,21H,4-7,12-15H2,1-3H3/b18-11+/t21-/m0/s1. The van der Waals surface area contributed by atoms with Crippen molar-refractivity contribution in [1.82, 2.24) is 0 Å². The first-order valence-corrected chi connectivity index (χ1v) is 12.5. The Morgan fingerprint density at radius 2 is 1.77 bits per heavy atom. The normalized spacial score (nSPS) is 18.1. The van der Waals surface area contributed by atoms with Crippen LogP contribution < -0.4 is 5.19 Å². The van der Waals surface area contributed by atoms with Gasteiger partial charge >= 0.3 is 0 Å². The van der Waals surface area contributed by atoms with Gasteiger partial charge < -0.3 is 0 Å². The van der Waals surface area contributed by atoms with Crippen LogP contribution in [0.4, 0.5) is 0 Å². The maximum atomic E-state index is 2.63. The molecule has 0 nitrogen and oxygen atoms in total. The fourth-order valence-corrected chi connectivity index (χ4v) is 7.68. The molecule has 22 heavy (non-hydrogen) atoms. The molecule has 0 unspecified atom stereocenters. The lowest BCUT2D eigenvalue weighted by atomic mass is 10.0. The Labute approximate surface area is 139 Å². The molecule has 0 N–H and O–H groups in total. The maximum Gasteiger partial charge on any atom is 0.0876 e. The summed E-state index contributed by atoms with van der Waals surface area (Å²) in [6.07, 6.45) is 16.3. The van der Waals surface area contributed by atoms with Gasteiger partial charge in [-0.25, -0.2) is 0 Å². The zero-order chi connectivity index (χ0) is 15.8. The first-order chi connectivity index (χ1) is 10.7. The first kappa shape index (κ1) is 17.5. The lowest BCUT2D eigenvalue weighted by Gasteiger charge is -2.35. The predicted octanol–water partition coefficient (Wildman–Crippen LogP) is 6.30.